The molecule has 0 spiro atoms. The number of fused-ring (bicyclic) bond motifs is 4. The Morgan fingerprint density at radius 3 is 2.17 bits per heavy atom. The predicted molar refractivity (Wildman–Crippen MR) is 243 cm³/mol. The van der Waals surface area contributed by atoms with Crippen LogP contribution in [0.4, 0.5) is 11.4 Å². The van der Waals surface area contributed by atoms with Gasteiger partial charge in [0.05, 0.1) is 16.9 Å². The highest BCUT2D eigenvalue weighted by molar-refractivity contribution is 5.99. The second-order valence-corrected chi connectivity index (χ2v) is 14.5. The lowest BCUT2D eigenvalue weighted by molar-refractivity contribution is 0.745. The van der Waals surface area contributed by atoms with Crippen molar-refractivity contribution in [3.8, 4) is 39.6 Å². The zero-order chi connectivity index (χ0) is 39.6. The van der Waals surface area contributed by atoms with Gasteiger partial charge in [-0.15, -0.1) is 0 Å². The van der Waals surface area contributed by atoms with Gasteiger partial charge in [-0.05, 0) is 67.0 Å². The topological polar surface area (TPSA) is 46.8 Å². The molecule has 7 aromatic rings. The lowest BCUT2D eigenvalue weighted by atomic mass is 9.86. The van der Waals surface area contributed by atoms with Gasteiger partial charge in [0, 0.05) is 50.3 Å². The van der Waals surface area contributed by atoms with Gasteiger partial charge < -0.3 is 9.47 Å². The Morgan fingerprint density at radius 2 is 1.38 bits per heavy atom. The van der Waals surface area contributed by atoms with Crippen LogP contribution in [-0.4, -0.2) is 25.6 Å². The van der Waals surface area contributed by atoms with Crippen molar-refractivity contribution in [3.63, 3.8) is 0 Å². The third-order valence-corrected chi connectivity index (χ3v) is 11.0. The van der Waals surface area contributed by atoms with Crippen molar-refractivity contribution in [1.82, 2.24) is 19.5 Å². The SMILES string of the molecule is C=C/C=C\C=C(/C)c1nc(-c2ccccc2)nc(-c2cccc(-n3/c(=C/C=C\C)c(=C)c4cccc(-c5cccc6c5C5C=CC=CC5N6c5ccccc5)c43)c2)n1. The zero-order valence-corrected chi connectivity index (χ0v) is 32.7. The molecular weight excluding hydrogens is 707 g/mol. The highest BCUT2D eigenvalue weighted by atomic mass is 15.2. The first-order chi connectivity index (χ1) is 28.6. The number of nitrogens with zero attached hydrogens (tertiary/aromatic N) is 5. The fraction of sp³-hybridized carbons (Fsp3) is 0.0755. The van der Waals surface area contributed by atoms with Crippen LogP contribution in [-0.2, 0) is 0 Å². The van der Waals surface area contributed by atoms with Gasteiger partial charge in [0.15, 0.2) is 17.5 Å². The van der Waals surface area contributed by atoms with Crippen molar-refractivity contribution in [2.75, 3.05) is 4.90 Å². The van der Waals surface area contributed by atoms with Crippen LogP contribution in [0.5, 0.6) is 0 Å². The maximum Gasteiger partial charge on any atom is 0.164 e. The molecule has 58 heavy (non-hydrogen) atoms. The lowest BCUT2D eigenvalue weighted by Gasteiger charge is -2.28. The Bertz CT molecular complexity index is 2960. The number of benzene rings is 5. The van der Waals surface area contributed by atoms with E-state index >= 15 is 0 Å². The zero-order valence-electron chi connectivity index (χ0n) is 32.7. The van der Waals surface area contributed by atoms with Crippen molar-refractivity contribution >= 4 is 40.5 Å². The predicted octanol–water partition coefficient (Wildman–Crippen LogP) is 11.5. The molecule has 0 N–H and O–H groups in total. The molecule has 0 fully saturated rings. The van der Waals surface area contributed by atoms with E-state index < -0.39 is 0 Å². The Hall–Kier alpha value is -7.37. The Labute approximate surface area is 339 Å². The van der Waals surface area contributed by atoms with Gasteiger partial charge in [0.1, 0.15) is 0 Å². The van der Waals surface area contributed by atoms with E-state index in [2.05, 4.69) is 150 Å². The van der Waals surface area contributed by atoms with Crippen molar-refractivity contribution in [2.24, 2.45) is 0 Å². The molecule has 2 unspecified atom stereocenters. The normalized spacial score (nSPS) is 16.5. The number of hydrogen-bond donors (Lipinski definition) is 0. The lowest BCUT2D eigenvalue weighted by Crippen LogP contribution is -2.28. The minimum Gasteiger partial charge on any atom is -0.333 e. The molecule has 2 atom stereocenters. The van der Waals surface area contributed by atoms with E-state index in [1.165, 1.54) is 22.5 Å². The quantitative estimate of drug-likeness (QED) is 0.138. The van der Waals surface area contributed by atoms with Crippen molar-refractivity contribution in [3.05, 3.63) is 211 Å². The largest absolute Gasteiger partial charge is 0.333 e. The number of para-hydroxylation sites is 2. The van der Waals surface area contributed by atoms with Crippen LogP contribution in [0.25, 0.3) is 68.7 Å². The van der Waals surface area contributed by atoms with Gasteiger partial charge in [-0.1, -0.05) is 165 Å². The fourth-order valence-corrected chi connectivity index (χ4v) is 8.32. The number of anilines is 2. The van der Waals surface area contributed by atoms with Gasteiger partial charge in [-0.25, -0.2) is 15.0 Å². The van der Waals surface area contributed by atoms with E-state index in [0.29, 0.717) is 17.5 Å². The second-order valence-electron chi connectivity index (χ2n) is 14.5. The molecule has 5 nitrogen and oxygen atoms in total. The van der Waals surface area contributed by atoms with E-state index in [0.717, 1.165) is 49.4 Å². The number of allylic oxidation sites excluding steroid dienone is 9. The van der Waals surface area contributed by atoms with E-state index in [1.807, 2.05) is 62.4 Å². The molecule has 5 aromatic carbocycles. The van der Waals surface area contributed by atoms with Crippen LogP contribution in [0.15, 0.2) is 189 Å². The van der Waals surface area contributed by atoms with Crippen LogP contribution in [0, 0.1) is 0 Å². The summed E-state index contributed by atoms with van der Waals surface area (Å²) in [6.45, 7) is 12.6. The van der Waals surface area contributed by atoms with Gasteiger partial charge in [-0.3, -0.25) is 0 Å². The summed E-state index contributed by atoms with van der Waals surface area (Å²) in [5, 5.41) is 3.09. The average Bonchev–Trinajstić information content (AvgIpc) is 3.77. The van der Waals surface area contributed by atoms with Gasteiger partial charge in [0.25, 0.3) is 0 Å². The van der Waals surface area contributed by atoms with E-state index in [1.54, 1.807) is 6.08 Å². The summed E-state index contributed by atoms with van der Waals surface area (Å²) in [5.41, 5.74) is 10.9. The average molecular weight is 750 g/mol. The molecule has 0 saturated heterocycles. The summed E-state index contributed by atoms with van der Waals surface area (Å²) < 4.78 is 2.36. The molecule has 3 heterocycles. The maximum atomic E-state index is 5.06. The van der Waals surface area contributed by atoms with Gasteiger partial charge >= 0.3 is 0 Å². The third-order valence-electron chi connectivity index (χ3n) is 11.0. The monoisotopic (exact) mass is 749 g/mol. The summed E-state index contributed by atoms with van der Waals surface area (Å²) >= 11 is 0. The highest BCUT2D eigenvalue weighted by Crippen LogP contribution is 2.51. The van der Waals surface area contributed by atoms with E-state index in [4.69, 9.17) is 21.5 Å². The Kier molecular flexibility index (Phi) is 9.78. The van der Waals surface area contributed by atoms with Gasteiger partial charge in [-0.2, -0.15) is 0 Å². The summed E-state index contributed by atoms with van der Waals surface area (Å²) in [7, 11) is 0. The standard InChI is InChI=1S/C53H43N5/c1-5-7-11-21-36(3)51-54-52(38-22-12-9-13-23-38)56-53(55-51)39-24-18-27-41(35-39)58-46(32-8-6-2)37(4)42-29-19-31-44(50(42)58)43-30-20-34-48-49(43)45-28-16-17-33-47(45)57(48)40-25-14-10-15-26-40/h5-35,45,47H,1,4H2,2-3H3/b8-6-,11-7-,36-21+,46-32+. The summed E-state index contributed by atoms with van der Waals surface area (Å²) in [5.74, 6) is 2.02. The second kappa shape index (κ2) is 15.6. The molecule has 9 rings (SSSR count). The van der Waals surface area contributed by atoms with Crippen LogP contribution in [0.3, 0.4) is 0 Å². The first kappa shape index (κ1) is 36.3. The molecule has 0 saturated carbocycles. The van der Waals surface area contributed by atoms with Crippen molar-refractivity contribution in [1.29, 1.82) is 0 Å². The summed E-state index contributed by atoms with van der Waals surface area (Å²) in [6.07, 6.45) is 23.0. The molecule has 2 aliphatic rings. The minimum atomic E-state index is 0.177. The van der Waals surface area contributed by atoms with Gasteiger partial charge in [0.2, 0.25) is 0 Å². The summed E-state index contributed by atoms with van der Waals surface area (Å²) in [6, 6.07) is 42.9. The minimum absolute atomic E-state index is 0.177. The number of rotatable bonds is 9. The molecular formula is C53H43N5. The van der Waals surface area contributed by atoms with Crippen LogP contribution in [0.2, 0.25) is 0 Å². The van der Waals surface area contributed by atoms with E-state index in [-0.39, 0.29) is 12.0 Å². The first-order valence-corrected chi connectivity index (χ1v) is 19.7. The molecule has 2 aromatic heterocycles. The highest BCUT2D eigenvalue weighted by Gasteiger charge is 2.39. The fourth-order valence-electron chi connectivity index (χ4n) is 8.32. The van der Waals surface area contributed by atoms with Crippen LogP contribution in [0.1, 0.15) is 31.2 Å². The molecule has 0 radical (unpaired) electrons. The van der Waals surface area contributed by atoms with Crippen LogP contribution >= 0.6 is 0 Å². The maximum absolute atomic E-state index is 5.06. The number of hydrogen-bond acceptors (Lipinski definition) is 4. The third kappa shape index (κ3) is 6.47. The Balaban J connectivity index is 1.27. The molecule has 5 heteroatoms. The van der Waals surface area contributed by atoms with Crippen molar-refractivity contribution < 1.29 is 0 Å². The molecule has 280 valence electrons. The van der Waals surface area contributed by atoms with E-state index in [9.17, 15) is 0 Å². The molecule has 0 bridgehead atoms. The smallest absolute Gasteiger partial charge is 0.164 e. The van der Waals surface area contributed by atoms with Crippen molar-refractivity contribution in [2.45, 2.75) is 25.8 Å². The Morgan fingerprint density at radius 1 is 0.690 bits per heavy atom. The first-order valence-electron chi connectivity index (χ1n) is 19.7. The molecule has 0 amide bonds. The molecule has 1 aliphatic heterocycles. The summed E-state index contributed by atoms with van der Waals surface area (Å²) in [4.78, 5) is 17.5. The molecule has 1 aliphatic carbocycles. The number of aromatic nitrogens is 4. The van der Waals surface area contributed by atoms with Crippen LogP contribution < -0.4 is 15.5 Å².